The van der Waals surface area contributed by atoms with Crippen LogP contribution in [-0.4, -0.2) is 13.0 Å². The summed E-state index contributed by atoms with van der Waals surface area (Å²) in [6, 6.07) is 1.58. The molecule has 0 spiro atoms. The topological polar surface area (TPSA) is 18.5 Å². The standard InChI is InChI=1S/C8H3Cl2F5O2/c9-3-1-4(16-7(11)12)6(10)5(2-3)17-8(13,14)15/h1-2,7H. The molecule has 0 heterocycles. The van der Waals surface area contributed by atoms with E-state index < -0.39 is 29.5 Å². The van der Waals surface area contributed by atoms with Crippen LogP contribution in [0.5, 0.6) is 11.5 Å². The van der Waals surface area contributed by atoms with Crippen molar-refractivity contribution in [2.24, 2.45) is 0 Å². The first kappa shape index (κ1) is 14.1. The van der Waals surface area contributed by atoms with Gasteiger partial charge in [-0.2, -0.15) is 8.78 Å². The summed E-state index contributed by atoms with van der Waals surface area (Å²) in [5.74, 6) is -1.62. The molecular weight excluding hydrogens is 294 g/mol. The van der Waals surface area contributed by atoms with Crippen LogP contribution < -0.4 is 9.47 Å². The van der Waals surface area contributed by atoms with Crippen molar-refractivity contribution in [3.8, 4) is 11.5 Å². The van der Waals surface area contributed by atoms with Crippen molar-refractivity contribution >= 4 is 23.2 Å². The second-order valence-electron chi connectivity index (χ2n) is 2.64. The fraction of sp³-hybridized carbons (Fsp3) is 0.250. The Morgan fingerprint density at radius 1 is 1.06 bits per heavy atom. The lowest BCUT2D eigenvalue weighted by atomic mass is 10.3. The molecule has 0 radical (unpaired) electrons. The van der Waals surface area contributed by atoms with Crippen molar-refractivity contribution in [2.45, 2.75) is 13.0 Å². The minimum atomic E-state index is -5.02. The molecule has 0 aliphatic rings. The molecule has 96 valence electrons. The molecule has 0 aliphatic carbocycles. The van der Waals surface area contributed by atoms with Gasteiger partial charge in [0.2, 0.25) is 0 Å². The van der Waals surface area contributed by atoms with Gasteiger partial charge in [-0.15, -0.1) is 13.2 Å². The summed E-state index contributed by atoms with van der Waals surface area (Å²) < 4.78 is 67.0. The zero-order valence-corrected chi connectivity index (χ0v) is 9.21. The Bertz CT molecular complexity index is 408. The second kappa shape index (κ2) is 5.14. The van der Waals surface area contributed by atoms with E-state index in [-0.39, 0.29) is 5.02 Å². The zero-order chi connectivity index (χ0) is 13.2. The van der Waals surface area contributed by atoms with Gasteiger partial charge < -0.3 is 9.47 Å². The van der Waals surface area contributed by atoms with Crippen molar-refractivity contribution in [3.63, 3.8) is 0 Å². The number of hydrogen-bond acceptors (Lipinski definition) is 2. The van der Waals surface area contributed by atoms with Gasteiger partial charge in [0.15, 0.2) is 5.75 Å². The van der Waals surface area contributed by atoms with Crippen LogP contribution in [-0.2, 0) is 0 Å². The summed E-state index contributed by atoms with van der Waals surface area (Å²) in [6.45, 7) is -3.25. The van der Waals surface area contributed by atoms with E-state index in [1.54, 1.807) is 0 Å². The molecule has 2 nitrogen and oxygen atoms in total. The summed E-state index contributed by atoms with van der Waals surface area (Å²) >= 11 is 10.8. The van der Waals surface area contributed by atoms with Crippen LogP contribution in [0.1, 0.15) is 0 Å². The van der Waals surface area contributed by atoms with Crippen LogP contribution in [0, 0.1) is 0 Å². The van der Waals surface area contributed by atoms with Crippen molar-refractivity contribution < 1.29 is 31.4 Å². The summed E-state index contributed by atoms with van der Waals surface area (Å²) in [5, 5.41) is -1.03. The fourth-order valence-corrected chi connectivity index (χ4v) is 1.31. The Hall–Kier alpha value is -0.950. The Morgan fingerprint density at radius 3 is 2.06 bits per heavy atom. The largest absolute Gasteiger partial charge is 0.573 e. The number of hydrogen-bond donors (Lipinski definition) is 0. The van der Waals surface area contributed by atoms with Gasteiger partial charge in [0, 0.05) is 17.2 Å². The molecule has 1 rings (SSSR count). The van der Waals surface area contributed by atoms with Crippen LogP contribution in [0.4, 0.5) is 22.0 Å². The predicted molar refractivity (Wildman–Crippen MR) is 49.8 cm³/mol. The lowest BCUT2D eigenvalue weighted by Crippen LogP contribution is -2.17. The number of halogens is 7. The minimum Gasteiger partial charge on any atom is -0.433 e. The van der Waals surface area contributed by atoms with Gasteiger partial charge in [-0.3, -0.25) is 0 Å². The highest BCUT2D eigenvalue weighted by Crippen LogP contribution is 2.40. The number of alkyl halides is 5. The number of rotatable bonds is 3. The summed E-state index contributed by atoms with van der Waals surface area (Å²) in [4.78, 5) is 0. The number of ether oxygens (including phenoxy) is 2. The monoisotopic (exact) mass is 296 g/mol. The second-order valence-corrected chi connectivity index (χ2v) is 3.46. The lowest BCUT2D eigenvalue weighted by molar-refractivity contribution is -0.274. The average Bonchev–Trinajstić information content (AvgIpc) is 2.09. The Morgan fingerprint density at radius 2 is 1.59 bits per heavy atom. The van der Waals surface area contributed by atoms with E-state index in [2.05, 4.69) is 9.47 Å². The van der Waals surface area contributed by atoms with Crippen molar-refractivity contribution in [1.29, 1.82) is 0 Å². The molecule has 17 heavy (non-hydrogen) atoms. The predicted octanol–water partition coefficient (Wildman–Crippen LogP) is 4.49. The summed E-state index contributed by atoms with van der Waals surface area (Å²) in [7, 11) is 0. The molecule has 0 atom stereocenters. The highest BCUT2D eigenvalue weighted by atomic mass is 35.5. The van der Waals surface area contributed by atoms with Gasteiger partial charge >= 0.3 is 13.0 Å². The SMILES string of the molecule is FC(F)Oc1cc(Cl)cc(OC(F)(F)F)c1Cl. The first-order valence-electron chi connectivity index (χ1n) is 3.88. The normalized spacial score (nSPS) is 11.8. The van der Waals surface area contributed by atoms with Gasteiger partial charge in [0.25, 0.3) is 0 Å². The third-order valence-electron chi connectivity index (χ3n) is 1.41. The van der Waals surface area contributed by atoms with Crippen LogP contribution >= 0.6 is 23.2 Å². The van der Waals surface area contributed by atoms with Gasteiger partial charge in [-0.05, 0) is 0 Å². The van der Waals surface area contributed by atoms with E-state index in [9.17, 15) is 22.0 Å². The molecule has 0 amide bonds. The highest BCUT2D eigenvalue weighted by molar-refractivity contribution is 6.35. The Labute approximate surface area is 102 Å². The Balaban J connectivity index is 3.10. The van der Waals surface area contributed by atoms with Crippen LogP contribution in [0.2, 0.25) is 10.0 Å². The quantitative estimate of drug-likeness (QED) is 0.765. The summed E-state index contributed by atoms with van der Waals surface area (Å²) in [6.07, 6.45) is -5.02. The van der Waals surface area contributed by atoms with Gasteiger partial charge in [-0.25, -0.2) is 0 Å². The van der Waals surface area contributed by atoms with E-state index in [4.69, 9.17) is 23.2 Å². The van der Waals surface area contributed by atoms with Crippen LogP contribution in [0.15, 0.2) is 12.1 Å². The third kappa shape index (κ3) is 4.43. The first-order chi connectivity index (χ1) is 7.69. The Kier molecular flexibility index (Phi) is 4.26. The molecule has 0 unspecified atom stereocenters. The molecule has 0 aliphatic heterocycles. The lowest BCUT2D eigenvalue weighted by Gasteiger charge is -2.13. The molecule has 0 N–H and O–H groups in total. The molecule has 0 bridgehead atoms. The van der Waals surface area contributed by atoms with Crippen molar-refractivity contribution in [1.82, 2.24) is 0 Å². The number of benzene rings is 1. The first-order valence-corrected chi connectivity index (χ1v) is 4.64. The average molecular weight is 297 g/mol. The smallest absolute Gasteiger partial charge is 0.433 e. The molecule has 0 fully saturated rings. The van der Waals surface area contributed by atoms with Crippen LogP contribution in [0.25, 0.3) is 0 Å². The van der Waals surface area contributed by atoms with E-state index in [1.165, 1.54) is 0 Å². The molecule has 0 saturated heterocycles. The maximum Gasteiger partial charge on any atom is 0.573 e. The molecule has 0 saturated carbocycles. The van der Waals surface area contributed by atoms with E-state index in [0.29, 0.717) is 0 Å². The van der Waals surface area contributed by atoms with Gasteiger partial charge in [-0.1, -0.05) is 23.2 Å². The zero-order valence-electron chi connectivity index (χ0n) is 7.69. The van der Waals surface area contributed by atoms with Crippen LogP contribution in [0.3, 0.4) is 0 Å². The molecular formula is C8H3Cl2F5O2. The molecule has 9 heteroatoms. The maximum atomic E-state index is 11.9. The minimum absolute atomic E-state index is 0.288. The van der Waals surface area contributed by atoms with Gasteiger partial charge in [0.05, 0.1) is 0 Å². The van der Waals surface area contributed by atoms with E-state index in [0.717, 1.165) is 12.1 Å². The van der Waals surface area contributed by atoms with Crippen molar-refractivity contribution in [2.75, 3.05) is 0 Å². The third-order valence-corrected chi connectivity index (χ3v) is 2.00. The maximum absolute atomic E-state index is 11.9. The van der Waals surface area contributed by atoms with Gasteiger partial charge in [0.1, 0.15) is 10.8 Å². The fourth-order valence-electron chi connectivity index (χ4n) is 0.921. The molecule has 1 aromatic rings. The molecule has 0 aromatic heterocycles. The van der Waals surface area contributed by atoms with E-state index in [1.807, 2.05) is 0 Å². The van der Waals surface area contributed by atoms with Crippen molar-refractivity contribution in [3.05, 3.63) is 22.2 Å². The molecule has 1 aromatic carbocycles. The summed E-state index contributed by atoms with van der Waals surface area (Å²) in [5.41, 5.74) is 0. The highest BCUT2D eigenvalue weighted by Gasteiger charge is 2.33. The van der Waals surface area contributed by atoms with E-state index >= 15 is 0 Å².